The molecule has 0 saturated carbocycles. The Morgan fingerprint density at radius 1 is 1.59 bits per heavy atom. The first-order chi connectivity index (χ1) is 8.06. The number of nitrogen functional groups attached to an aromatic ring is 1. The average molecular weight is 258 g/mol. The average Bonchev–Trinajstić information content (AvgIpc) is 2.65. The van der Waals surface area contributed by atoms with Gasteiger partial charge in [-0.1, -0.05) is 0 Å². The van der Waals surface area contributed by atoms with Crippen LogP contribution in [0.15, 0.2) is 0 Å². The predicted molar refractivity (Wildman–Crippen MR) is 69.5 cm³/mol. The van der Waals surface area contributed by atoms with E-state index >= 15 is 0 Å². The molecule has 0 aliphatic rings. The number of ether oxygens (including phenoxy) is 1. The molecule has 3 N–H and O–H groups in total. The first-order valence-corrected chi connectivity index (χ1v) is 6.05. The van der Waals surface area contributed by atoms with E-state index in [-0.39, 0.29) is 5.82 Å². The first-order valence-electron chi connectivity index (χ1n) is 5.28. The Bertz CT molecular complexity index is 378. The normalized spacial score (nSPS) is 10.6. The van der Waals surface area contributed by atoms with E-state index in [1.807, 2.05) is 14.1 Å². The zero-order chi connectivity index (χ0) is 12.8. The lowest BCUT2D eigenvalue weighted by Crippen LogP contribution is -2.17. The van der Waals surface area contributed by atoms with E-state index in [2.05, 4.69) is 19.3 Å². The number of anilines is 2. The molecule has 0 aliphatic heterocycles. The lowest BCUT2D eigenvalue weighted by molar-refractivity contribution is 0.0603. The number of nitrogens with one attached hydrogen (secondary N) is 1. The number of rotatable bonds is 6. The molecule has 17 heavy (non-hydrogen) atoms. The maximum atomic E-state index is 11.5. The molecule has 0 fully saturated rings. The Balaban J connectivity index is 2.56. The van der Waals surface area contributed by atoms with Crippen molar-refractivity contribution in [1.82, 2.24) is 9.27 Å². The van der Waals surface area contributed by atoms with Gasteiger partial charge in [-0.25, -0.2) is 4.79 Å². The van der Waals surface area contributed by atoms with Crippen molar-refractivity contribution in [1.29, 1.82) is 0 Å². The van der Waals surface area contributed by atoms with Crippen LogP contribution in [0.25, 0.3) is 0 Å². The number of aromatic nitrogens is 1. The molecule has 1 aromatic rings. The molecule has 0 bridgehead atoms. The van der Waals surface area contributed by atoms with Crippen LogP contribution >= 0.6 is 11.5 Å². The summed E-state index contributed by atoms with van der Waals surface area (Å²) in [6, 6.07) is 0. The Hall–Kier alpha value is -1.34. The van der Waals surface area contributed by atoms with Crippen molar-refractivity contribution >= 4 is 28.3 Å². The molecule has 0 radical (unpaired) electrons. The van der Waals surface area contributed by atoms with Gasteiger partial charge in [-0.2, -0.15) is 4.37 Å². The molecule has 0 saturated heterocycles. The highest BCUT2D eigenvalue weighted by Crippen LogP contribution is 2.27. The maximum Gasteiger partial charge on any atom is 0.344 e. The lowest BCUT2D eigenvalue weighted by Gasteiger charge is -2.10. The van der Waals surface area contributed by atoms with Gasteiger partial charge in [0.1, 0.15) is 10.6 Å². The third-order valence-corrected chi connectivity index (χ3v) is 2.99. The zero-order valence-electron chi connectivity index (χ0n) is 10.3. The monoisotopic (exact) mass is 258 g/mol. The third kappa shape index (κ3) is 3.86. The van der Waals surface area contributed by atoms with Gasteiger partial charge in [0.15, 0.2) is 5.82 Å². The summed E-state index contributed by atoms with van der Waals surface area (Å²) in [4.78, 5) is 13.6. The summed E-state index contributed by atoms with van der Waals surface area (Å²) >= 11 is 1.18. The minimum atomic E-state index is -0.452. The third-order valence-electron chi connectivity index (χ3n) is 2.18. The summed E-state index contributed by atoms with van der Waals surface area (Å²) in [5.74, 6) is -0.233. The van der Waals surface area contributed by atoms with Crippen LogP contribution in [0.3, 0.4) is 0 Å². The molecular formula is C10H18N4O2S. The van der Waals surface area contributed by atoms with Crippen LogP contribution in [0.2, 0.25) is 0 Å². The highest BCUT2D eigenvalue weighted by atomic mass is 32.1. The maximum absolute atomic E-state index is 11.5. The quantitative estimate of drug-likeness (QED) is 0.582. The number of nitrogens with two attached hydrogens (primary N) is 1. The van der Waals surface area contributed by atoms with Gasteiger partial charge >= 0.3 is 5.97 Å². The molecular weight excluding hydrogens is 240 g/mol. The summed E-state index contributed by atoms with van der Waals surface area (Å²) in [5, 5.41) is 3.83. The molecule has 0 aromatic carbocycles. The molecule has 0 atom stereocenters. The molecule has 0 aliphatic carbocycles. The van der Waals surface area contributed by atoms with Crippen LogP contribution in [0.4, 0.5) is 10.8 Å². The fourth-order valence-electron chi connectivity index (χ4n) is 1.32. The van der Waals surface area contributed by atoms with E-state index in [1.165, 1.54) is 18.6 Å². The minimum Gasteiger partial charge on any atom is -0.465 e. The van der Waals surface area contributed by atoms with E-state index < -0.39 is 5.97 Å². The fraction of sp³-hybridized carbons (Fsp3) is 0.600. The summed E-state index contributed by atoms with van der Waals surface area (Å²) in [5.41, 5.74) is 5.96. The molecule has 96 valence electrons. The zero-order valence-corrected chi connectivity index (χ0v) is 11.1. The number of nitrogens with zero attached hydrogens (tertiary/aromatic N) is 2. The number of carbonyl (C=O) groups excluding carboxylic acids is 1. The Kier molecular flexibility index (Phi) is 5.17. The molecule has 6 nitrogen and oxygen atoms in total. The highest BCUT2D eigenvalue weighted by molar-refractivity contribution is 7.11. The van der Waals surface area contributed by atoms with Gasteiger partial charge in [0, 0.05) is 6.54 Å². The standard InChI is InChI=1S/C10H18N4O2S/c1-14(2)6-4-5-12-9-7(10(15)16-3)8(11)13-17-9/h12H,4-6H2,1-3H3,(H2,11,13). The van der Waals surface area contributed by atoms with Crippen molar-refractivity contribution < 1.29 is 9.53 Å². The van der Waals surface area contributed by atoms with E-state index in [0.29, 0.717) is 10.6 Å². The Morgan fingerprint density at radius 2 is 2.29 bits per heavy atom. The molecule has 0 amide bonds. The molecule has 0 spiro atoms. The summed E-state index contributed by atoms with van der Waals surface area (Å²) in [7, 11) is 5.37. The Morgan fingerprint density at radius 3 is 2.88 bits per heavy atom. The first kappa shape index (κ1) is 13.7. The van der Waals surface area contributed by atoms with E-state index in [0.717, 1.165) is 19.5 Å². The molecule has 7 heteroatoms. The largest absolute Gasteiger partial charge is 0.465 e. The van der Waals surface area contributed by atoms with Crippen molar-refractivity contribution in [2.24, 2.45) is 0 Å². The van der Waals surface area contributed by atoms with Crippen LogP contribution < -0.4 is 11.1 Å². The number of esters is 1. The van der Waals surface area contributed by atoms with Crippen LogP contribution in [-0.4, -0.2) is 49.5 Å². The van der Waals surface area contributed by atoms with Gasteiger partial charge in [-0.05, 0) is 38.6 Å². The van der Waals surface area contributed by atoms with E-state index in [1.54, 1.807) is 0 Å². The second-order valence-corrected chi connectivity index (χ2v) is 4.62. The topological polar surface area (TPSA) is 80.5 Å². The predicted octanol–water partition coefficient (Wildman–Crippen LogP) is 0.875. The van der Waals surface area contributed by atoms with Gasteiger partial charge in [-0.3, -0.25) is 0 Å². The van der Waals surface area contributed by atoms with Gasteiger partial charge < -0.3 is 20.7 Å². The van der Waals surface area contributed by atoms with E-state index in [4.69, 9.17) is 5.73 Å². The van der Waals surface area contributed by atoms with Crippen LogP contribution in [0, 0.1) is 0 Å². The molecule has 1 heterocycles. The summed E-state index contributed by atoms with van der Waals surface area (Å²) < 4.78 is 8.61. The molecule has 1 rings (SSSR count). The van der Waals surface area contributed by atoms with Crippen LogP contribution in [-0.2, 0) is 4.74 Å². The number of methoxy groups -OCH3 is 1. The van der Waals surface area contributed by atoms with Gasteiger partial charge in [0.25, 0.3) is 0 Å². The number of hydrogen-bond donors (Lipinski definition) is 2. The van der Waals surface area contributed by atoms with Gasteiger partial charge in [0.05, 0.1) is 7.11 Å². The fourth-order valence-corrected chi connectivity index (χ4v) is 2.05. The second-order valence-electron chi connectivity index (χ2n) is 3.85. The SMILES string of the molecule is COC(=O)c1c(N)nsc1NCCCN(C)C. The smallest absolute Gasteiger partial charge is 0.344 e. The van der Waals surface area contributed by atoms with Crippen molar-refractivity contribution in [2.45, 2.75) is 6.42 Å². The van der Waals surface area contributed by atoms with Crippen molar-refractivity contribution in [3.63, 3.8) is 0 Å². The molecule has 1 aromatic heterocycles. The van der Waals surface area contributed by atoms with Crippen molar-refractivity contribution in [3.05, 3.63) is 5.56 Å². The van der Waals surface area contributed by atoms with Gasteiger partial charge in [0.2, 0.25) is 0 Å². The Labute approximate surface area is 105 Å². The van der Waals surface area contributed by atoms with Crippen molar-refractivity contribution in [3.8, 4) is 0 Å². The van der Waals surface area contributed by atoms with Gasteiger partial charge in [-0.15, -0.1) is 0 Å². The lowest BCUT2D eigenvalue weighted by atomic mass is 10.3. The number of carbonyl (C=O) groups is 1. The minimum absolute atomic E-state index is 0.219. The van der Waals surface area contributed by atoms with Crippen molar-refractivity contribution in [2.75, 3.05) is 45.3 Å². The number of hydrogen-bond acceptors (Lipinski definition) is 7. The van der Waals surface area contributed by atoms with E-state index in [9.17, 15) is 4.79 Å². The summed E-state index contributed by atoms with van der Waals surface area (Å²) in [6.07, 6.45) is 0.978. The van der Waals surface area contributed by atoms with Crippen LogP contribution in [0.5, 0.6) is 0 Å². The van der Waals surface area contributed by atoms with Crippen LogP contribution in [0.1, 0.15) is 16.8 Å². The summed E-state index contributed by atoms with van der Waals surface area (Å²) in [6.45, 7) is 1.75. The second kappa shape index (κ2) is 6.41. The highest BCUT2D eigenvalue weighted by Gasteiger charge is 2.19. The molecule has 0 unspecified atom stereocenters.